The van der Waals surface area contributed by atoms with Crippen LogP contribution in [0, 0.1) is 0 Å². The number of halogens is 3. The zero-order valence-corrected chi connectivity index (χ0v) is 12.4. The SMILES string of the molecule is NCc1ccc(Br)cc1Oc1cccc(Cl)c1Cl. The summed E-state index contributed by atoms with van der Waals surface area (Å²) in [6.07, 6.45) is 0. The van der Waals surface area contributed by atoms with Gasteiger partial charge in [0.25, 0.3) is 0 Å². The monoisotopic (exact) mass is 345 g/mol. The molecule has 0 amide bonds. The van der Waals surface area contributed by atoms with Gasteiger partial charge in [-0.05, 0) is 24.3 Å². The predicted molar refractivity (Wildman–Crippen MR) is 78.6 cm³/mol. The number of ether oxygens (including phenoxy) is 1. The van der Waals surface area contributed by atoms with E-state index in [0.717, 1.165) is 10.0 Å². The molecule has 0 fully saturated rings. The Morgan fingerprint density at radius 2 is 1.89 bits per heavy atom. The minimum Gasteiger partial charge on any atom is -0.455 e. The fraction of sp³-hybridized carbons (Fsp3) is 0.0769. The average Bonchev–Trinajstić information content (AvgIpc) is 2.35. The molecule has 18 heavy (non-hydrogen) atoms. The van der Waals surface area contributed by atoms with Crippen molar-refractivity contribution < 1.29 is 4.74 Å². The fourth-order valence-electron chi connectivity index (χ4n) is 1.47. The molecular formula is C13H10BrCl2NO. The molecule has 2 rings (SSSR count). The van der Waals surface area contributed by atoms with Gasteiger partial charge in [-0.1, -0.05) is 51.3 Å². The van der Waals surface area contributed by atoms with E-state index in [2.05, 4.69) is 15.9 Å². The molecule has 0 aliphatic heterocycles. The first kappa shape index (κ1) is 13.7. The lowest BCUT2D eigenvalue weighted by Crippen LogP contribution is -1.99. The Balaban J connectivity index is 2.39. The van der Waals surface area contributed by atoms with Crippen LogP contribution < -0.4 is 10.5 Å². The number of rotatable bonds is 3. The Morgan fingerprint density at radius 1 is 1.11 bits per heavy atom. The Bertz CT molecular complexity index is 575. The molecule has 0 radical (unpaired) electrons. The number of benzene rings is 2. The van der Waals surface area contributed by atoms with Crippen molar-refractivity contribution in [3.05, 3.63) is 56.5 Å². The average molecular weight is 347 g/mol. The lowest BCUT2D eigenvalue weighted by atomic mass is 10.2. The Hall–Kier alpha value is -0.740. The van der Waals surface area contributed by atoms with E-state index in [1.807, 2.05) is 18.2 Å². The molecule has 0 aliphatic carbocycles. The van der Waals surface area contributed by atoms with Crippen LogP contribution in [0.3, 0.4) is 0 Å². The van der Waals surface area contributed by atoms with E-state index in [9.17, 15) is 0 Å². The third kappa shape index (κ3) is 2.98. The molecular weight excluding hydrogens is 337 g/mol. The lowest BCUT2D eigenvalue weighted by molar-refractivity contribution is 0.476. The van der Waals surface area contributed by atoms with Gasteiger partial charge in [-0.2, -0.15) is 0 Å². The molecule has 0 aromatic heterocycles. The van der Waals surface area contributed by atoms with Gasteiger partial charge in [0.15, 0.2) is 0 Å². The summed E-state index contributed by atoms with van der Waals surface area (Å²) in [6.45, 7) is 0.390. The van der Waals surface area contributed by atoms with Crippen molar-refractivity contribution in [3.8, 4) is 11.5 Å². The van der Waals surface area contributed by atoms with E-state index in [1.54, 1.807) is 18.2 Å². The maximum atomic E-state index is 6.08. The smallest absolute Gasteiger partial charge is 0.147 e. The van der Waals surface area contributed by atoms with E-state index in [-0.39, 0.29) is 0 Å². The van der Waals surface area contributed by atoms with Gasteiger partial charge >= 0.3 is 0 Å². The third-order valence-electron chi connectivity index (χ3n) is 2.39. The van der Waals surface area contributed by atoms with Crippen molar-refractivity contribution in [2.24, 2.45) is 5.73 Å². The molecule has 0 saturated heterocycles. The van der Waals surface area contributed by atoms with Crippen LogP contribution in [0.5, 0.6) is 11.5 Å². The standard InChI is InChI=1S/C13H10BrCl2NO/c14-9-5-4-8(7-17)12(6-9)18-11-3-1-2-10(15)13(11)16/h1-6H,7,17H2. The molecule has 0 bridgehead atoms. The Kier molecular flexibility index (Phi) is 4.51. The molecule has 0 spiro atoms. The van der Waals surface area contributed by atoms with Gasteiger partial charge in [-0.15, -0.1) is 0 Å². The van der Waals surface area contributed by atoms with Crippen LogP contribution in [0.25, 0.3) is 0 Å². The summed E-state index contributed by atoms with van der Waals surface area (Å²) in [5.41, 5.74) is 6.57. The first-order chi connectivity index (χ1) is 8.61. The van der Waals surface area contributed by atoms with Crippen LogP contribution in [0.15, 0.2) is 40.9 Å². The maximum absolute atomic E-state index is 6.08. The molecule has 94 valence electrons. The molecule has 5 heteroatoms. The molecule has 0 saturated carbocycles. The summed E-state index contributed by atoms with van der Waals surface area (Å²) < 4.78 is 6.68. The van der Waals surface area contributed by atoms with E-state index >= 15 is 0 Å². The van der Waals surface area contributed by atoms with Crippen LogP contribution in [-0.2, 0) is 6.54 Å². The first-order valence-corrected chi connectivity index (χ1v) is 6.77. The summed E-state index contributed by atoms with van der Waals surface area (Å²) in [4.78, 5) is 0. The van der Waals surface area contributed by atoms with Crippen LogP contribution in [0.1, 0.15) is 5.56 Å². The van der Waals surface area contributed by atoms with Gasteiger partial charge in [0.05, 0.1) is 5.02 Å². The minimum absolute atomic E-state index is 0.390. The number of hydrogen-bond donors (Lipinski definition) is 1. The van der Waals surface area contributed by atoms with Gasteiger partial charge in [-0.3, -0.25) is 0 Å². The Labute approximate surface area is 124 Å². The van der Waals surface area contributed by atoms with Crippen LogP contribution in [-0.4, -0.2) is 0 Å². The topological polar surface area (TPSA) is 35.2 Å². The van der Waals surface area contributed by atoms with Gasteiger partial charge in [-0.25, -0.2) is 0 Å². The van der Waals surface area contributed by atoms with Crippen molar-refractivity contribution in [2.75, 3.05) is 0 Å². The number of nitrogens with two attached hydrogens (primary N) is 1. The van der Waals surface area contributed by atoms with E-state index < -0.39 is 0 Å². The molecule has 0 heterocycles. The normalized spacial score (nSPS) is 10.4. The minimum atomic E-state index is 0.390. The van der Waals surface area contributed by atoms with E-state index in [4.69, 9.17) is 33.7 Å². The highest BCUT2D eigenvalue weighted by atomic mass is 79.9. The van der Waals surface area contributed by atoms with Gasteiger partial charge < -0.3 is 10.5 Å². The second-order valence-electron chi connectivity index (χ2n) is 3.61. The largest absolute Gasteiger partial charge is 0.455 e. The molecule has 2 nitrogen and oxygen atoms in total. The summed E-state index contributed by atoms with van der Waals surface area (Å²) in [5.74, 6) is 1.17. The van der Waals surface area contributed by atoms with Crippen molar-refractivity contribution >= 4 is 39.1 Å². The van der Waals surface area contributed by atoms with Gasteiger partial charge in [0.1, 0.15) is 16.5 Å². The van der Waals surface area contributed by atoms with Gasteiger partial charge in [0, 0.05) is 16.6 Å². The van der Waals surface area contributed by atoms with Crippen molar-refractivity contribution in [1.82, 2.24) is 0 Å². The summed E-state index contributed by atoms with van der Waals surface area (Å²) in [7, 11) is 0. The first-order valence-electron chi connectivity index (χ1n) is 5.22. The third-order valence-corrected chi connectivity index (χ3v) is 3.68. The molecule has 2 aromatic carbocycles. The highest BCUT2D eigenvalue weighted by Crippen LogP contribution is 2.36. The zero-order chi connectivity index (χ0) is 13.1. The summed E-state index contributed by atoms with van der Waals surface area (Å²) >= 11 is 15.4. The number of hydrogen-bond acceptors (Lipinski definition) is 2. The molecule has 0 aliphatic rings. The molecule has 0 unspecified atom stereocenters. The van der Waals surface area contributed by atoms with Gasteiger partial charge in [0.2, 0.25) is 0 Å². The van der Waals surface area contributed by atoms with Crippen molar-refractivity contribution in [1.29, 1.82) is 0 Å². The fourth-order valence-corrected chi connectivity index (χ4v) is 2.14. The van der Waals surface area contributed by atoms with Crippen molar-refractivity contribution in [3.63, 3.8) is 0 Å². The van der Waals surface area contributed by atoms with E-state index in [0.29, 0.717) is 28.1 Å². The second kappa shape index (κ2) is 5.93. The highest BCUT2D eigenvalue weighted by Gasteiger charge is 2.09. The zero-order valence-electron chi connectivity index (χ0n) is 9.29. The quantitative estimate of drug-likeness (QED) is 0.848. The predicted octanol–water partition coefficient (Wildman–Crippen LogP) is 5.01. The molecule has 2 aromatic rings. The second-order valence-corrected chi connectivity index (χ2v) is 5.31. The van der Waals surface area contributed by atoms with Crippen molar-refractivity contribution in [2.45, 2.75) is 6.54 Å². The van der Waals surface area contributed by atoms with E-state index in [1.165, 1.54) is 0 Å². The van der Waals surface area contributed by atoms with Crippen LogP contribution in [0.4, 0.5) is 0 Å². The molecule has 2 N–H and O–H groups in total. The van der Waals surface area contributed by atoms with Crippen LogP contribution in [0.2, 0.25) is 10.0 Å². The highest BCUT2D eigenvalue weighted by molar-refractivity contribution is 9.10. The Morgan fingerprint density at radius 3 is 2.61 bits per heavy atom. The molecule has 0 atom stereocenters. The summed E-state index contributed by atoms with van der Waals surface area (Å²) in [5, 5.41) is 0.848. The summed E-state index contributed by atoms with van der Waals surface area (Å²) in [6, 6.07) is 10.9. The van der Waals surface area contributed by atoms with Crippen LogP contribution >= 0.6 is 39.1 Å². The maximum Gasteiger partial charge on any atom is 0.147 e. The lowest BCUT2D eigenvalue weighted by Gasteiger charge is -2.12.